The Hall–Kier alpha value is -3.31. The summed E-state index contributed by atoms with van der Waals surface area (Å²) in [6.45, 7) is 1.64. The van der Waals surface area contributed by atoms with Crippen LogP contribution in [0.3, 0.4) is 0 Å². The van der Waals surface area contributed by atoms with E-state index in [4.69, 9.17) is 4.74 Å². The zero-order chi connectivity index (χ0) is 21.1. The lowest BCUT2D eigenvalue weighted by molar-refractivity contribution is 0.0476. The number of Topliss-reactive ketones (excluding diaryl/α,β-unsaturated/α-hetero) is 1. The predicted octanol–water partition coefficient (Wildman–Crippen LogP) is 6.01. The molecule has 0 atom stereocenters. The highest BCUT2D eigenvalue weighted by Gasteiger charge is 2.17. The molecule has 4 rings (SSSR count). The number of aryl methyl sites for hydroxylation is 1. The Balaban J connectivity index is 1.63. The fourth-order valence-corrected chi connectivity index (χ4v) is 3.41. The van der Waals surface area contributed by atoms with Crippen molar-refractivity contribution in [3.8, 4) is 11.3 Å². The van der Waals surface area contributed by atoms with E-state index in [-0.39, 0.29) is 12.4 Å². The summed E-state index contributed by atoms with van der Waals surface area (Å²) < 4.78 is 6.33. The van der Waals surface area contributed by atoms with Crippen molar-refractivity contribution in [2.75, 3.05) is 6.61 Å². The highest BCUT2D eigenvalue weighted by atomic mass is 79.9. The lowest BCUT2D eigenvalue weighted by atomic mass is 10.0. The average molecular weight is 460 g/mol. The molecule has 0 aliphatic carbocycles. The number of halogens is 1. The number of pyridine rings is 1. The minimum atomic E-state index is -0.549. The van der Waals surface area contributed by atoms with Gasteiger partial charge in [0.05, 0.1) is 16.8 Å². The van der Waals surface area contributed by atoms with Crippen LogP contribution in [-0.4, -0.2) is 23.3 Å². The smallest absolute Gasteiger partial charge is 0.339 e. The molecule has 30 heavy (non-hydrogen) atoms. The Bertz CT molecular complexity index is 1230. The summed E-state index contributed by atoms with van der Waals surface area (Å²) in [5.74, 6) is -0.790. The SMILES string of the molecule is Cc1ccc(C(=O)COC(=O)c2cc(-c3ccc(Br)cc3)nc3ccccc23)cc1. The first-order valence-electron chi connectivity index (χ1n) is 9.44. The Morgan fingerprint density at radius 3 is 2.37 bits per heavy atom. The lowest BCUT2D eigenvalue weighted by Gasteiger charge is -2.10. The minimum Gasteiger partial charge on any atom is -0.454 e. The third kappa shape index (κ3) is 4.31. The number of fused-ring (bicyclic) bond motifs is 1. The average Bonchev–Trinajstić information content (AvgIpc) is 2.77. The van der Waals surface area contributed by atoms with E-state index in [1.54, 1.807) is 18.2 Å². The van der Waals surface area contributed by atoms with Crippen LogP contribution >= 0.6 is 15.9 Å². The maximum atomic E-state index is 12.9. The van der Waals surface area contributed by atoms with Crippen molar-refractivity contribution >= 4 is 38.6 Å². The molecule has 0 saturated carbocycles. The number of nitrogens with zero attached hydrogens (tertiary/aromatic N) is 1. The van der Waals surface area contributed by atoms with Crippen molar-refractivity contribution in [2.24, 2.45) is 0 Å². The van der Waals surface area contributed by atoms with Gasteiger partial charge in [-0.1, -0.05) is 76.1 Å². The molecule has 4 aromatic rings. The largest absolute Gasteiger partial charge is 0.454 e. The van der Waals surface area contributed by atoms with Crippen molar-refractivity contribution < 1.29 is 14.3 Å². The summed E-state index contributed by atoms with van der Waals surface area (Å²) in [5.41, 5.74) is 4.20. The van der Waals surface area contributed by atoms with Gasteiger partial charge in [0.15, 0.2) is 12.4 Å². The molecule has 0 aliphatic rings. The first-order valence-corrected chi connectivity index (χ1v) is 10.2. The molecule has 0 N–H and O–H groups in total. The predicted molar refractivity (Wildman–Crippen MR) is 121 cm³/mol. The maximum Gasteiger partial charge on any atom is 0.339 e. The highest BCUT2D eigenvalue weighted by molar-refractivity contribution is 9.10. The molecule has 0 spiro atoms. The van der Waals surface area contributed by atoms with Gasteiger partial charge in [-0.15, -0.1) is 0 Å². The van der Waals surface area contributed by atoms with Crippen LogP contribution in [0.15, 0.2) is 83.3 Å². The van der Waals surface area contributed by atoms with Gasteiger partial charge in [-0.2, -0.15) is 0 Å². The zero-order valence-electron chi connectivity index (χ0n) is 16.3. The number of ketones is 1. The van der Waals surface area contributed by atoms with Crippen LogP contribution in [0.25, 0.3) is 22.2 Å². The number of carbonyl (C=O) groups is 2. The van der Waals surface area contributed by atoms with Gasteiger partial charge in [0.25, 0.3) is 0 Å². The van der Waals surface area contributed by atoms with Crippen molar-refractivity contribution in [3.05, 3.63) is 100 Å². The Morgan fingerprint density at radius 2 is 1.63 bits per heavy atom. The van der Waals surface area contributed by atoms with Gasteiger partial charge in [-0.25, -0.2) is 9.78 Å². The molecule has 1 heterocycles. The van der Waals surface area contributed by atoms with E-state index in [0.717, 1.165) is 15.6 Å². The van der Waals surface area contributed by atoms with Crippen LogP contribution in [0.1, 0.15) is 26.3 Å². The number of benzene rings is 3. The molecule has 4 nitrogen and oxygen atoms in total. The lowest BCUT2D eigenvalue weighted by Crippen LogP contribution is -2.15. The van der Waals surface area contributed by atoms with E-state index < -0.39 is 5.97 Å². The van der Waals surface area contributed by atoms with Crippen molar-refractivity contribution in [2.45, 2.75) is 6.92 Å². The summed E-state index contributed by atoms with van der Waals surface area (Å²) in [4.78, 5) is 29.9. The van der Waals surface area contributed by atoms with Crippen LogP contribution in [-0.2, 0) is 4.74 Å². The topological polar surface area (TPSA) is 56.3 Å². The van der Waals surface area contributed by atoms with Gasteiger partial charge in [0.1, 0.15) is 0 Å². The molecule has 0 amide bonds. The zero-order valence-corrected chi connectivity index (χ0v) is 17.8. The molecule has 0 aliphatic heterocycles. The molecule has 0 radical (unpaired) electrons. The molecular formula is C25H18BrNO3. The summed E-state index contributed by atoms with van der Waals surface area (Å²) in [5, 5.41) is 0.686. The fourth-order valence-electron chi connectivity index (χ4n) is 3.14. The van der Waals surface area contributed by atoms with Gasteiger partial charge in [-0.3, -0.25) is 4.79 Å². The molecule has 3 aromatic carbocycles. The van der Waals surface area contributed by atoms with Crippen LogP contribution in [0, 0.1) is 6.92 Å². The highest BCUT2D eigenvalue weighted by Crippen LogP contribution is 2.26. The van der Waals surface area contributed by atoms with Crippen molar-refractivity contribution in [1.82, 2.24) is 4.98 Å². The minimum absolute atomic E-state index is 0.241. The van der Waals surface area contributed by atoms with Gasteiger partial charge >= 0.3 is 5.97 Å². The summed E-state index contributed by atoms with van der Waals surface area (Å²) in [6, 6.07) is 24.0. The van der Waals surface area contributed by atoms with Gasteiger partial charge in [0, 0.05) is 21.0 Å². The number of rotatable bonds is 5. The molecule has 148 valence electrons. The van der Waals surface area contributed by atoms with E-state index in [0.29, 0.717) is 27.7 Å². The van der Waals surface area contributed by atoms with E-state index in [9.17, 15) is 9.59 Å². The molecular weight excluding hydrogens is 442 g/mol. The second kappa shape index (κ2) is 8.59. The fraction of sp³-hybridized carbons (Fsp3) is 0.0800. The number of carbonyl (C=O) groups excluding carboxylic acids is 2. The molecule has 0 saturated heterocycles. The van der Waals surface area contributed by atoms with Crippen molar-refractivity contribution in [1.29, 1.82) is 0 Å². The number of ether oxygens (including phenoxy) is 1. The summed E-state index contributed by atoms with van der Waals surface area (Å²) in [6.07, 6.45) is 0. The van der Waals surface area contributed by atoms with Crippen molar-refractivity contribution in [3.63, 3.8) is 0 Å². The number of para-hydroxylation sites is 1. The molecule has 1 aromatic heterocycles. The van der Waals surface area contributed by atoms with E-state index in [1.807, 2.05) is 67.6 Å². The molecule has 5 heteroatoms. The van der Waals surface area contributed by atoms with Crippen LogP contribution in [0.2, 0.25) is 0 Å². The quantitative estimate of drug-likeness (QED) is 0.270. The van der Waals surface area contributed by atoms with E-state index in [1.165, 1.54) is 0 Å². The monoisotopic (exact) mass is 459 g/mol. The Kier molecular flexibility index (Phi) is 5.72. The number of aromatic nitrogens is 1. The van der Waals surface area contributed by atoms with Crippen LogP contribution in [0.5, 0.6) is 0 Å². The second-order valence-corrected chi connectivity index (χ2v) is 7.86. The maximum absolute atomic E-state index is 12.9. The molecule has 0 fully saturated rings. The summed E-state index contributed by atoms with van der Waals surface area (Å²) in [7, 11) is 0. The van der Waals surface area contributed by atoms with Crippen LogP contribution < -0.4 is 0 Å². The molecule has 0 bridgehead atoms. The van der Waals surface area contributed by atoms with E-state index >= 15 is 0 Å². The Labute approximate surface area is 182 Å². The van der Waals surface area contributed by atoms with Crippen LogP contribution in [0.4, 0.5) is 0 Å². The normalized spacial score (nSPS) is 10.7. The standard InChI is InChI=1S/C25H18BrNO3/c1-16-6-8-18(9-7-16)24(28)15-30-25(29)21-14-23(17-10-12-19(26)13-11-17)27-22-5-3-2-4-20(21)22/h2-14H,15H2,1H3. The summed E-state index contributed by atoms with van der Waals surface area (Å²) >= 11 is 3.43. The molecule has 0 unspecified atom stereocenters. The second-order valence-electron chi connectivity index (χ2n) is 6.94. The van der Waals surface area contributed by atoms with E-state index in [2.05, 4.69) is 20.9 Å². The Morgan fingerprint density at radius 1 is 0.933 bits per heavy atom. The van der Waals surface area contributed by atoms with Gasteiger partial charge in [-0.05, 0) is 31.2 Å². The van der Waals surface area contributed by atoms with Gasteiger partial charge < -0.3 is 4.74 Å². The third-order valence-electron chi connectivity index (χ3n) is 4.78. The first-order chi connectivity index (χ1) is 14.5. The number of hydrogen-bond acceptors (Lipinski definition) is 4. The van der Waals surface area contributed by atoms with Gasteiger partial charge in [0.2, 0.25) is 0 Å². The first kappa shape index (κ1) is 20.0. The number of hydrogen-bond donors (Lipinski definition) is 0. The third-order valence-corrected chi connectivity index (χ3v) is 5.31. The number of esters is 1.